The van der Waals surface area contributed by atoms with Crippen molar-refractivity contribution in [3.05, 3.63) is 36.0 Å². The van der Waals surface area contributed by atoms with Gasteiger partial charge >= 0.3 is 0 Å². The fourth-order valence-electron chi connectivity index (χ4n) is 1.12. The molecular formula is C18H36. The molecule has 18 heavy (non-hydrogen) atoms. The molecular weight excluding hydrogens is 216 g/mol. The minimum Gasteiger partial charge on any atom is -0.0988 e. The van der Waals surface area contributed by atoms with Crippen LogP contribution in [0.4, 0.5) is 0 Å². The molecule has 0 aromatic heterocycles. The third-order valence-corrected chi connectivity index (χ3v) is 2.38. The Kier molecular flexibility index (Phi) is 20.2. The molecule has 0 aliphatic carbocycles. The molecule has 0 fully saturated rings. The zero-order valence-corrected chi connectivity index (χ0v) is 14.3. The molecule has 0 N–H and O–H groups in total. The third-order valence-electron chi connectivity index (χ3n) is 2.38. The molecule has 0 heterocycles. The first-order chi connectivity index (χ1) is 8.47. The zero-order valence-electron chi connectivity index (χ0n) is 14.3. The molecule has 0 atom stereocenters. The molecule has 0 nitrogen and oxygen atoms in total. The van der Waals surface area contributed by atoms with Gasteiger partial charge in [-0.1, -0.05) is 85.8 Å². The summed E-state index contributed by atoms with van der Waals surface area (Å²) < 4.78 is 0. The SMILES string of the molecule is C=C/C(=C\C=C(/C)C(C)C)CC(C)C.CC.CC. The first kappa shape index (κ1) is 22.4. The van der Waals surface area contributed by atoms with Crippen molar-refractivity contribution in [3.8, 4) is 0 Å². The van der Waals surface area contributed by atoms with E-state index in [0.29, 0.717) is 11.8 Å². The van der Waals surface area contributed by atoms with Crippen LogP contribution in [0, 0.1) is 11.8 Å². The van der Waals surface area contributed by atoms with Gasteiger partial charge in [0.15, 0.2) is 0 Å². The van der Waals surface area contributed by atoms with Crippen LogP contribution in [0.5, 0.6) is 0 Å². The Morgan fingerprint density at radius 2 is 1.39 bits per heavy atom. The van der Waals surface area contributed by atoms with Crippen LogP contribution in [-0.2, 0) is 0 Å². The van der Waals surface area contributed by atoms with Gasteiger partial charge in [-0.2, -0.15) is 0 Å². The highest BCUT2D eigenvalue weighted by atomic mass is 14.0. The predicted octanol–water partition coefficient (Wildman–Crippen LogP) is 6.80. The van der Waals surface area contributed by atoms with Crippen molar-refractivity contribution >= 4 is 0 Å². The van der Waals surface area contributed by atoms with Gasteiger partial charge in [0.1, 0.15) is 0 Å². The highest BCUT2D eigenvalue weighted by molar-refractivity contribution is 5.24. The molecule has 0 aliphatic rings. The summed E-state index contributed by atoms with van der Waals surface area (Å²) in [6, 6.07) is 0. The quantitative estimate of drug-likeness (QED) is 0.472. The molecule has 108 valence electrons. The van der Waals surface area contributed by atoms with Gasteiger partial charge in [0, 0.05) is 0 Å². The second-order valence-corrected chi connectivity index (χ2v) is 4.61. The second kappa shape index (κ2) is 16.2. The van der Waals surface area contributed by atoms with Crippen LogP contribution < -0.4 is 0 Å². The molecule has 0 aromatic rings. The van der Waals surface area contributed by atoms with Gasteiger partial charge in [0.05, 0.1) is 0 Å². The predicted molar refractivity (Wildman–Crippen MR) is 89.0 cm³/mol. The molecule has 0 amide bonds. The van der Waals surface area contributed by atoms with E-state index in [9.17, 15) is 0 Å². The molecule has 0 heteroatoms. The molecule has 0 saturated carbocycles. The standard InChI is InChI=1S/C14H24.2C2H6/c1-7-14(10-11(2)3)9-8-13(6)12(4)5;2*1-2/h7-9,11-12H,1,10H2,2-6H3;2*1-2H3/b13-8+,14-9+;;. The van der Waals surface area contributed by atoms with Gasteiger partial charge in [0.25, 0.3) is 0 Å². The van der Waals surface area contributed by atoms with Gasteiger partial charge in [-0.05, 0) is 30.8 Å². The van der Waals surface area contributed by atoms with E-state index < -0.39 is 0 Å². The first-order valence-corrected chi connectivity index (χ1v) is 7.47. The first-order valence-electron chi connectivity index (χ1n) is 7.47. The summed E-state index contributed by atoms with van der Waals surface area (Å²) in [5.41, 5.74) is 2.76. The molecule has 0 spiro atoms. The van der Waals surface area contributed by atoms with E-state index in [1.54, 1.807) is 0 Å². The fourth-order valence-corrected chi connectivity index (χ4v) is 1.12. The van der Waals surface area contributed by atoms with Gasteiger partial charge in [-0.15, -0.1) is 0 Å². The molecule has 0 rings (SSSR count). The van der Waals surface area contributed by atoms with E-state index in [4.69, 9.17) is 0 Å². The molecule has 0 aromatic carbocycles. The average molecular weight is 252 g/mol. The van der Waals surface area contributed by atoms with Crippen LogP contribution in [0.1, 0.15) is 68.7 Å². The monoisotopic (exact) mass is 252 g/mol. The lowest BCUT2D eigenvalue weighted by Gasteiger charge is -2.06. The maximum atomic E-state index is 3.84. The van der Waals surface area contributed by atoms with Crippen molar-refractivity contribution in [1.82, 2.24) is 0 Å². The highest BCUT2D eigenvalue weighted by Crippen LogP contribution is 2.14. The van der Waals surface area contributed by atoms with Gasteiger partial charge in [0.2, 0.25) is 0 Å². The summed E-state index contributed by atoms with van der Waals surface area (Å²) >= 11 is 0. The van der Waals surface area contributed by atoms with E-state index in [1.165, 1.54) is 11.1 Å². The van der Waals surface area contributed by atoms with Crippen LogP contribution >= 0.6 is 0 Å². The summed E-state index contributed by atoms with van der Waals surface area (Å²) in [6.07, 6.45) is 7.49. The van der Waals surface area contributed by atoms with Crippen LogP contribution in [0.2, 0.25) is 0 Å². The third kappa shape index (κ3) is 15.2. The average Bonchev–Trinajstić information content (AvgIpc) is 2.38. The Morgan fingerprint density at radius 1 is 0.944 bits per heavy atom. The van der Waals surface area contributed by atoms with Gasteiger partial charge in [-0.25, -0.2) is 0 Å². The Labute approximate surface area is 117 Å². The summed E-state index contributed by atoms with van der Waals surface area (Å²) in [4.78, 5) is 0. The molecule has 0 unspecified atom stereocenters. The van der Waals surface area contributed by atoms with Crippen LogP contribution in [0.15, 0.2) is 36.0 Å². The maximum Gasteiger partial charge on any atom is -0.0256 e. The Bertz CT molecular complexity index is 226. The lowest BCUT2D eigenvalue weighted by atomic mass is 10.0. The summed E-state index contributed by atoms with van der Waals surface area (Å²) in [6.45, 7) is 22.9. The molecule has 0 radical (unpaired) electrons. The number of rotatable bonds is 5. The Hall–Kier alpha value is -0.780. The van der Waals surface area contributed by atoms with E-state index in [-0.39, 0.29) is 0 Å². The van der Waals surface area contributed by atoms with E-state index in [1.807, 2.05) is 33.8 Å². The number of hydrogen-bond donors (Lipinski definition) is 0. The van der Waals surface area contributed by atoms with Crippen molar-refractivity contribution in [3.63, 3.8) is 0 Å². The van der Waals surface area contributed by atoms with Crippen molar-refractivity contribution in [1.29, 1.82) is 0 Å². The molecule has 0 saturated heterocycles. The van der Waals surface area contributed by atoms with Crippen LogP contribution in [-0.4, -0.2) is 0 Å². The van der Waals surface area contributed by atoms with Crippen molar-refractivity contribution in [2.24, 2.45) is 11.8 Å². The van der Waals surface area contributed by atoms with Gasteiger partial charge in [-0.3, -0.25) is 0 Å². The summed E-state index contributed by atoms with van der Waals surface area (Å²) in [7, 11) is 0. The van der Waals surface area contributed by atoms with E-state index >= 15 is 0 Å². The molecule has 0 bridgehead atoms. The number of hydrogen-bond acceptors (Lipinski definition) is 0. The lowest BCUT2D eigenvalue weighted by molar-refractivity contribution is 0.650. The van der Waals surface area contributed by atoms with Crippen LogP contribution in [0.25, 0.3) is 0 Å². The van der Waals surface area contributed by atoms with Gasteiger partial charge < -0.3 is 0 Å². The Morgan fingerprint density at radius 3 is 1.67 bits per heavy atom. The highest BCUT2D eigenvalue weighted by Gasteiger charge is 1.97. The Balaban J connectivity index is -0.000000506. The van der Waals surface area contributed by atoms with E-state index in [2.05, 4.69) is 53.3 Å². The van der Waals surface area contributed by atoms with Crippen molar-refractivity contribution < 1.29 is 0 Å². The van der Waals surface area contributed by atoms with Crippen molar-refractivity contribution in [2.45, 2.75) is 68.7 Å². The smallest absolute Gasteiger partial charge is 0.0256 e. The normalized spacial score (nSPS) is 11.5. The van der Waals surface area contributed by atoms with Crippen LogP contribution in [0.3, 0.4) is 0 Å². The molecule has 0 aliphatic heterocycles. The minimum atomic E-state index is 0.636. The van der Waals surface area contributed by atoms with Crippen molar-refractivity contribution in [2.75, 3.05) is 0 Å². The summed E-state index contributed by atoms with van der Waals surface area (Å²) in [5, 5.41) is 0. The minimum absolute atomic E-state index is 0.636. The number of allylic oxidation sites excluding steroid dienone is 5. The zero-order chi connectivity index (χ0) is 15.1. The topological polar surface area (TPSA) is 0 Å². The lowest BCUT2D eigenvalue weighted by Crippen LogP contribution is -1.90. The maximum absolute atomic E-state index is 3.84. The fraction of sp³-hybridized carbons (Fsp3) is 0.667. The van der Waals surface area contributed by atoms with E-state index in [0.717, 1.165) is 6.42 Å². The largest absolute Gasteiger partial charge is 0.0988 e. The summed E-state index contributed by atoms with van der Waals surface area (Å²) in [5.74, 6) is 1.34. The second-order valence-electron chi connectivity index (χ2n) is 4.61.